The first-order chi connectivity index (χ1) is 13.2. The maximum Gasteiger partial charge on any atom is 0.174 e. The Bertz CT molecular complexity index is 839. The fourth-order valence-corrected chi connectivity index (χ4v) is 4.92. The number of hydrogen-bond acceptors (Lipinski definition) is 4. The van der Waals surface area contributed by atoms with Crippen LogP contribution < -0.4 is 14.8 Å². The van der Waals surface area contributed by atoms with Crippen LogP contribution in [0.5, 0.6) is 11.5 Å². The minimum Gasteiger partial charge on any atom is -0.492 e. The second-order valence-corrected chi connectivity index (χ2v) is 7.96. The molecule has 2 aromatic carbocycles. The van der Waals surface area contributed by atoms with Crippen molar-refractivity contribution < 1.29 is 14.2 Å². The second kappa shape index (κ2) is 7.72. The van der Waals surface area contributed by atoms with Crippen molar-refractivity contribution in [1.29, 1.82) is 0 Å². The van der Waals surface area contributed by atoms with Crippen molar-refractivity contribution >= 4 is 21.6 Å². The summed E-state index contributed by atoms with van der Waals surface area (Å²) in [4.78, 5) is 0. The Balaban J connectivity index is 1.76. The van der Waals surface area contributed by atoms with E-state index in [-0.39, 0.29) is 12.1 Å². The van der Waals surface area contributed by atoms with Crippen molar-refractivity contribution in [3.8, 4) is 11.5 Å². The lowest BCUT2D eigenvalue weighted by Crippen LogP contribution is -2.29. The fourth-order valence-electron chi connectivity index (χ4n) is 4.30. The van der Waals surface area contributed by atoms with E-state index in [1.54, 1.807) is 7.11 Å². The van der Waals surface area contributed by atoms with Gasteiger partial charge in [0.1, 0.15) is 0 Å². The number of rotatable bonds is 5. The van der Waals surface area contributed by atoms with Gasteiger partial charge < -0.3 is 19.5 Å². The normalized spacial score (nSPS) is 23.3. The van der Waals surface area contributed by atoms with Gasteiger partial charge in [0.15, 0.2) is 11.5 Å². The highest BCUT2D eigenvalue weighted by atomic mass is 79.9. The maximum absolute atomic E-state index is 6.18. The molecular formula is C22H26BrNO3. The van der Waals surface area contributed by atoms with Gasteiger partial charge in [-0.25, -0.2) is 0 Å². The van der Waals surface area contributed by atoms with Gasteiger partial charge >= 0.3 is 0 Å². The first-order valence-electron chi connectivity index (χ1n) is 9.67. The average molecular weight is 432 g/mol. The van der Waals surface area contributed by atoms with Crippen LogP contribution >= 0.6 is 15.9 Å². The Morgan fingerprint density at radius 2 is 2.07 bits per heavy atom. The van der Waals surface area contributed by atoms with Crippen LogP contribution in [0, 0.1) is 5.92 Å². The van der Waals surface area contributed by atoms with Crippen LogP contribution in [0.3, 0.4) is 0 Å². The molecule has 0 aromatic heterocycles. The van der Waals surface area contributed by atoms with E-state index in [2.05, 4.69) is 58.5 Å². The standard InChI is InChI=1S/C22H26BrNO3/c1-4-13-6-7-18-16(10-13)21-15(8-9-27-21)20(24-18)14-11-17(23)22(25-3)19(12-14)26-5-2/h6-7,10-12,15,20-21,24H,4-5,8-9H2,1-3H3/t15-,20?,21-/m0/s1. The van der Waals surface area contributed by atoms with Crippen molar-refractivity contribution in [2.75, 3.05) is 25.6 Å². The lowest BCUT2D eigenvalue weighted by atomic mass is 9.80. The predicted molar refractivity (Wildman–Crippen MR) is 111 cm³/mol. The van der Waals surface area contributed by atoms with Crippen molar-refractivity contribution in [3.05, 3.63) is 51.5 Å². The quantitative estimate of drug-likeness (QED) is 0.662. The highest BCUT2D eigenvalue weighted by molar-refractivity contribution is 9.10. The molecular weight excluding hydrogens is 406 g/mol. The average Bonchev–Trinajstić information content (AvgIpc) is 3.17. The molecule has 3 atom stereocenters. The molecule has 2 heterocycles. The number of nitrogens with one attached hydrogen (secondary N) is 1. The van der Waals surface area contributed by atoms with Gasteiger partial charge in [-0.3, -0.25) is 0 Å². The minimum atomic E-state index is 0.147. The van der Waals surface area contributed by atoms with Gasteiger partial charge in [-0.15, -0.1) is 0 Å². The van der Waals surface area contributed by atoms with Gasteiger partial charge in [-0.2, -0.15) is 0 Å². The smallest absolute Gasteiger partial charge is 0.174 e. The minimum absolute atomic E-state index is 0.147. The number of halogens is 1. The number of benzene rings is 2. The van der Waals surface area contributed by atoms with E-state index in [4.69, 9.17) is 14.2 Å². The summed E-state index contributed by atoms with van der Waals surface area (Å²) in [5.41, 5.74) is 5.02. The molecule has 0 spiro atoms. The Morgan fingerprint density at radius 1 is 1.22 bits per heavy atom. The molecule has 2 aromatic rings. The molecule has 144 valence electrons. The van der Waals surface area contributed by atoms with Gasteiger partial charge in [-0.1, -0.05) is 19.1 Å². The highest BCUT2D eigenvalue weighted by Gasteiger charge is 2.41. The van der Waals surface area contributed by atoms with E-state index < -0.39 is 0 Å². The van der Waals surface area contributed by atoms with Crippen molar-refractivity contribution in [2.24, 2.45) is 5.92 Å². The molecule has 27 heavy (non-hydrogen) atoms. The molecule has 1 fully saturated rings. The first kappa shape index (κ1) is 18.6. The number of ether oxygens (including phenoxy) is 3. The lowest BCUT2D eigenvalue weighted by molar-refractivity contribution is 0.0828. The second-order valence-electron chi connectivity index (χ2n) is 7.11. The summed E-state index contributed by atoms with van der Waals surface area (Å²) in [6.07, 6.45) is 2.23. The zero-order valence-electron chi connectivity index (χ0n) is 16.0. The third kappa shape index (κ3) is 3.32. The zero-order valence-corrected chi connectivity index (χ0v) is 17.6. The van der Waals surface area contributed by atoms with E-state index in [0.717, 1.165) is 35.4 Å². The van der Waals surface area contributed by atoms with Crippen molar-refractivity contribution in [3.63, 3.8) is 0 Å². The van der Waals surface area contributed by atoms with Gasteiger partial charge in [0, 0.05) is 23.8 Å². The van der Waals surface area contributed by atoms with Crippen LogP contribution in [0.4, 0.5) is 5.69 Å². The summed E-state index contributed by atoms with van der Waals surface area (Å²) in [5.74, 6) is 1.91. The van der Waals surface area contributed by atoms with E-state index >= 15 is 0 Å². The van der Waals surface area contributed by atoms with Crippen LogP contribution in [0.15, 0.2) is 34.8 Å². The lowest BCUT2D eigenvalue weighted by Gasteiger charge is -2.37. The summed E-state index contributed by atoms with van der Waals surface area (Å²) >= 11 is 3.65. The van der Waals surface area contributed by atoms with Gasteiger partial charge in [0.2, 0.25) is 0 Å². The third-order valence-electron chi connectivity index (χ3n) is 5.60. The van der Waals surface area contributed by atoms with Gasteiger partial charge in [-0.05, 0) is 65.0 Å². The molecule has 5 heteroatoms. The molecule has 2 aliphatic heterocycles. The predicted octanol–water partition coefficient (Wildman–Crippen LogP) is 5.66. The van der Waals surface area contributed by atoms with Crippen LogP contribution in [0.25, 0.3) is 0 Å². The topological polar surface area (TPSA) is 39.7 Å². The molecule has 4 rings (SSSR count). The Kier molecular flexibility index (Phi) is 5.33. The van der Waals surface area contributed by atoms with Crippen LogP contribution in [-0.4, -0.2) is 20.3 Å². The molecule has 1 N–H and O–H groups in total. The summed E-state index contributed by atoms with van der Waals surface area (Å²) in [6.45, 7) is 5.58. The Morgan fingerprint density at radius 3 is 2.81 bits per heavy atom. The highest BCUT2D eigenvalue weighted by Crippen LogP contribution is 2.51. The van der Waals surface area contributed by atoms with E-state index in [1.165, 1.54) is 22.4 Å². The van der Waals surface area contributed by atoms with Crippen LogP contribution in [0.1, 0.15) is 49.1 Å². The molecule has 0 aliphatic carbocycles. The third-order valence-corrected chi connectivity index (χ3v) is 6.19. The van der Waals surface area contributed by atoms with Crippen LogP contribution in [-0.2, 0) is 11.2 Å². The summed E-state index contributed by atoms with van der Waals surface area (Å²) in [5, 5.41) is 3.77. The summed E-state index contributed by atoms with van der Waals surface area (Å²) in [7, 11) is 1.67. The number of methoxy groups -OCH3 is 1. The molecule has 0 bridgehead atoms. The van der Waals surface area contributed by atoms with Gasteiger partial charge in [0.25, 0.3) is 0 Å². The number of anilines is 1. The van der Waals surface area contributed by atoms with Crippen molar-refractivity contribution in [1.82, 2.24) is 0 Å². The Hall–Kier alpha value is -1.72. The number of hydrogen-bond donors (Lipinski definition) is 1. The largest absolute Gasteiger partial charge is 0.492 e. The molecule has 2 aliphatic rings. The molecule has 0 radical (unpaired) electrons. The van der Waals surface area contributed by atoms with Gasteiger partial charge in [0.05, 0.1) is 30.3 Å². The monoisotopic (exact) mass is 431 g/mol. The van der Waals surface area contributed by atoms with E-state index in [1.807, 2.05) is 6.92 Å². The SMILES string of the molecule is CCOc1cc(C2Nc3ccc(CC)cc3[C@H]3OCC[C@@H]23)cc(Br)c1OC. The molecule has 0 saturated carbocycles. The number of aryl methyl sites for hydroxylation is 1. The van der Waals surface area contributed by atoms with Crippen LogP contribution in [0.2, 0.25) is 0 Å². The van der Waals surface area contributed by atoms with E-state index in [9.17, 15) is 0 Å². The molecule has 1 saturated heterocycles. The van der Waals surface area contributed by atoms with Crippen molar-refractivity contribution in [2.45, 2.75) is 38.8 Å². The Labute approximate surface area is 169 Å². The summed E-state index contributed by atoms with van der Waals surface area (Å²) in [6, 6.07) is 11.1. The first-order valence-corrected chi connectivity index (χ1v) is 10.5. The zero-order chi connectivity index (χ0) is 19.0. The molecule has 4 nitrogen and oxygen atoms in total. The molecule has 0 amide bonds. The van der Waals surface area contributed by atoms with E-state index in [0.29, 0.717) is 12.5 Å². The summed E-state index contributed by atoms with van der Waals surface area (Å²) < 4.78 is 18.5. The maximum atomic E-state index is 6.18. The fraction of sp³-hybridized carbons (Fsp3) is 0.455. The molecule has 1 unspecified atom stereocenters. The number of fused-ring (bicyclic) bond motifs is 3.